The number of aromatic nitrogens is 2. The lowest BCUT2D eigenvalue weighted by Gasteiger charge is -2.39. The summed E-state index contributed by atoms with van der Waals surface area (Å²) in [6, 6.07) is 16.9. The number of hydrogen-bond acceptors (Lipinski definition) is 14. The number of carbonyl (C=O) groups excluding carboxylic acids is 1. The van der Waals surface area contributed by atoms with E-state index in [1.807, 2.05) is 35.2 Å². The van der Waals surface area contributed by atoms with E-state index < -0.39 is 31.4 Å². The van der Waals surface area contributed by atoms with Crippen molar-refractivity contribution < 1.29 is 32.3 Å². The molecule has 1 amide bonds. The van der Waals surface area contributed by atoms with Crippen LogP contribution in [0.3, 0.4) is 0 Å². The normalized spacial score (nSPS) is 19.5. The van der Waals surface area contributed by atoms with Crippen molar-refractivity contribution in [3.8, 4) is 5.88 Å². The maximum atomic E-state index is 14.3. The fourth-order valence-electron chi connectivity index (χ4n) is 8.92. The van der Waals surface area contributed by atoms with E-state index in [1.54, 1.807) is 23.6 Å². The van der Waals surface area contributed by atoms with Crippen molar-refractivity contribution in [1.82, 2.24) is 19.6 Å². The maximum absolute atomic E-state index is 14.3. The Morgan fingerprint density at radius 2 is 1.88 bits per heavy atom. The Kier molecular flexibility index (Phi) is 12.6. The van der Waals surface area contributed by atoms with Gasteiger partial charge >= 0.3 is 0 Å². The molecule has 3 aromatic heterocycles. The number of amides is 1. The molecule has 1 atom stereocenters. The molecule has 0 spiro atoms. The van der Waals surface area contributed by atoms with Crippen LogP contribution in [0, 0.1) is 15.5 Å². The number of aromatic amines is 1. The number of nitro groups is 1. The van der Waals surface area contributed by atoms with E-state index in [9.17, 15) is 23.3 Å². The van der Waals surface area contributed by atoms with Crippen LogP contribution in [0.15, 0.2) is 77.3 Å². The first-order valence-electron chi connectivity index (χ1n) is 21.6. The minimum absolute atomic E-state index is 0.101. The Morgan fingerprint density at radius 1 is 1.03 bits per heavy atom. The number of anilines is 4. The summed E-state index contributed by atoms with van der Waals surface area (Å²) in [5, 5.41) is 16.0. The first-order valence-corrected chi connectivity index (χ1v) is 24.2. The Bertz CT molecular complexity index is 2710. The Morgan fingerprint density at radius 3 is 2.64 bits per heavy atom. The third-order valence-electron chi connectivity index (χ3n) is 12.4. The molecule has 9 rings (SSSR count). The molecule has 1 aliphatic carbocycles. The predicted octanol–water partition coefficient (Wildman–Crippen LogP) is 7.84. The van der Waals surface area contributed by atoms with Gasteiger partial charge in [0.2, 0.25) is 5.88 Å². The lowest BCUT2D eigenvalue weighted by atomic mass is 9.74. The van der Waals surface area contributed by atoms with Gasteiger partial charge in [0.1, 0.15) is 17.0 Å². The molecule has 1 unspecified atom stereocenters. The smallest absolute Gasteiger partial charge is 0.293 e. The molecule has 338 valence electrons. The van der Waals surface area contributed by atoms with Crippen molar-refractivity contribution >= 4 is 83.9 Å². The van der Waals surface area contributed by atoms with E-state index in [4.69, 9.17) is 30.8 Å². The molecule has 0 saturated carbocycles. The van der Waals surface area contributed by atoms with Gasteiger partial charge in [0.05, 0.1) is 57.9 Å². The second-order valence-corrected chi connectivity index (χ2v) is 20.8. The van der Waals surface area contributed by atoms with Crippen molar-refractivity contribution in [3.05, 3.63) is 97.3 Å². The fraction of sp³-hybridized carbons (Fsp3) is 0.422. The third-order valence-corrected chi connectivity index (χ3v) is 15.0. The average Bonchev–Trinajstić information content (AvgIpc) is 3.89. The summed E-state index contributed by atoms with van der Waals surface area (Å²) in [4.78, 5) is 41.3. The molecule has 2 fully saturated rings. The highest BCUT2D eigenvalue weighted by molar-refractivity contribution is 7.90. The molecule has 2 saturated heterocycles. The Labute approximate surface area is 380 Å². The first-order chi connectivity index (χ1) is 30.8. The van der Waals surface area contributed by atoms with E-state index in [0.29, 0.717) is 62.3 Å². The minimum Gasteiger partial charge on any atom is -0.476 e. The van der Waals surface area contributed by atoms with Crippen LogP contribution in [0.4, 0.5) is 28.4 Å². The number of benzene rings is 2. The predicted molar refractivity (Wildman–Crippen MR) is 249 cm³/mol. The van der Waals surface area contributed by atoms with Crippen molar-refractivity contribution in [2.24, 2.45) is 5.41 Å². The summed E-state index contributed by atoms with van der Waals surface area (Å²) in [6.07, 6.45) is 5.29. The van der Waals surface area contributed by atoms with Crippen molar-refractivity contribution in [2.75, 3.05) is 87.4 Å². The SMILES string of the molecule is CC1(C)CCC(CN2CCN(c3ccc(C(=O)NS(=O)(=O)c4ccc(NCC5COCCO5)c([N+](=O)[O-])c4)c(N4CCCOc5nc6[nH]ccc6cc54)c3)CC2)=C(c2ccc(Cl)s2)C1. The maximum Gasteiger partial charge on any atom is 0.293 e. The molecule has 19 heteroatoms. The molecule has 2 aromatic carbocycles. The molecule has 0 radical (unpaired) electrons. The van der Waals surface area contributed by atoms with Gasteiger partial charge in [-0.2, -0.15) is 4.98 Å². The van der Waals surface area contributed by atoms with Gasteiger partial charge in [0.25, 0.3) is 21.6 Å². The van der Waals surface area contributed by atoms with Crippen LogP contribution < -0.4 is 24.6 Å². The van der Waals surface area contributed by atoms with Crippen LogP contribution >= 0.6 is 22.9 Å². The highest BCUT2D eigenvalue weighted by Gasteiger charge is 2.32. The molecule has 0 bridgehead atoms. The zero-order valence-electron chi connectivity index (χ0n) is 35.7. The van der Waals surface area contributed by atoms with Crippen LogP contribution in [0.25, 0.3) is 16.6 Å². The second-order valence-electron chi connectivity index (χ2n) is 17.4. The number of pyridine rings is 1. The van der Waals surface area contributed by atoms with E-state index in [1.165, 1.54) is 28.2 Å². The molecule has 64 heavy (non-hydrogen) atoms. The number of fused-ring (bicyclic) bond motifs is 2. The number of thiophene rings is 1. The molecular formula is C45H51ClN8O8S2. The molecular weight excluding hydrogens is 880 g/mol. The number of H-pyrrole nitrogens is 1. The summed E-state index contributed by atoms with van der Waals surface area (Å²) >= 11 is 8.04. The van der Waals surface area contributed by atoms with E-state index in [0.717, 1.165) is 73.5 Å². The van der Waals surface area contributed by atoms with Crippen LogP contribution in [-0.2, 0) is 19.5 Å². The summed E-state index contributed by atoms with van der Waals surface area (Å²) in [7, 11) is -4.59. The molecule has 3 N–H and O–H groups in total. The lowest BCUT2D eigenvalue weighted by molar-refractivity contribution is -0.384. The zero-order chi connectivity index (χ0) is 44.6. The number of carbonyl (C=O) groups is 1. The monoisotopic (exact) mass is 930 g/mol. The zero-order valence-corrected chi connectivity index (χ0v) is 38.1. The number of ether oxygens (including phenoxy) is 3. The Balaban J connectivity index is 0.987. The van der Waals surface area contributed by atoms with E-state index in [2.05, 4.69) is 44.7 Å². The van der Waals surface area contributed by atoms with Gasteiger partial charge in [0.15, 0.2) is 0 Å². The minimum atomic E-state index is -4.59. The summed E-state index contributed by atoms with van der Waals surface area (Å²) < 4.78 is 48.0. The van der Waals surface area contributed by atoms with Crippen LogP contribution in [0.1, 0.15) is 54.8 Å². The second kappa shape index (κ2) is 18.3. The van der Waals surface area contributed by atoms with E-state index >= 15 is 0 Å². The number of nitro benzene ring substituents is 1. The topological polar surface area (TPSA) is 185 Å². The van der Waals surface area contributed by atoms with Gasteiger partial charge in [-0.05, 0) is 91.3 Å². The molecule has 3 aliphatic heterocycles. The van der Waals surface area contributed by atoms with Crippen molar-refractivity contribution in [3.63, 3.8) is 0 Å². The van der Waals surface area contributed by atoms with Crippen LogP contribution in [-0.4, -0.2) is 112 Å². The average molecular weight is 932 g/mol. The number of sulfonamides is 1. The highest BCUT2D eigenvalue weighted by atomic mass is 35.5. The van der Waals surface area contributed by atoms with Gasteiger partial charge in [-0.3, -0.25) is 19.8 Å². The molecule has 6 heterocycles. The number of nitrogens with one attached hydrogen (secondary N) is 3. The number of hydrogen-bond donors (Lipinski definition) is 3. The van der Waals surface area contributed by atoms with Crippen molar-refractivity contribution in [1.29, 1.82) is 0 Å². The van der Waals surface area contributed by atoms with Crippen LogP contribution in [0.5, 0.6) is 5.88 Å². The van der Waals surface area contributed by atoms with Gasteiger partial charge in [-0.1, -0.05) is 31.0 Å². The standard InChI is InChI=1S/C45H51ClN8O8S2/c1-45(2)12-10-30(35(25-45)40-8-9-41(46)63-40)27-51-15-17-52(18-16-51)31-4-6-34(37(23-31)53-14-3-19-62-44-39(53)22-29-11-13-47-42(29)49-44)43(55)50-64(58,59)33-5-7-36(38(24-33)54(56)57)48-26-32-28-60-20-21-61-32/h4-9,11,13,22-24,32,48H,3,10,12,14-21,25-28H2,1-2H3,(H,47,49)(H,50,55). The first kappa shape index (κ1) is 44.0. The molecule has 5 aromatic rings. The Hall–Kier alpha value is -5.24. The van der Waals surface area contributed by atoms with Gasteiger partial charge in [0, 0.05) is 74.0 Å². The summed E-state index contributed by atoms with van der Waals surface area (Å²) in [5.74, 6) is -0.501. The van der Waals surface area contributed by atoms with Crippen LogP contribution in [0.2, 0.25) is 4.34 Å². The highest BCUT2D eigenvalue weighted by Crippen LogP contribution is 2.46. The number of piperazine rings is 1. The van der Waals surface area contributed by atoms with Gasteiger partial charge in [-0.15, -0.1) is 11.3 Å². The fourth-order valence-corrected chi connectivity index (χ4v) is 11.0. The molecule has 16 nitrogen and oxygen atoms in total. The van der Waals surface area contributed by atoms with Gasteiger partial charge < -0.3 is 34.3 Å². The number of halogens is 1. The number of rotatable bonds is 12. The quantitative estimate of drug-likeness (QED) is 0.0813. The van der Waals surface area contributed by atoms with Crippen molar-refractivity contribution in [2.45, 2.75) is 50.5 Å². The summed E-state index contributed by atoms with van der Waals surface area (Å²) in [6.45, 7) is 11.0. The molecule has 4 aliphatic rings. The summed E-state index contributed by atoms with van der Waals surface area (Å²) in [5.41, 5.74) is 5.53. The largest absolute Gasteiger partial charge is 0.476 e. The third kappa shape index (κ3) is 9.58. The van der Waals surface area contributed by atoms with Gasteiger partial charge in [-0.25, -0.2) is 13.1 Å². The number of allylic oxidation sites excluding steroid dienone is 1. The lowest BCUT2D eigenvalue weighted by Crippen LogP contribution is -2.47. The number of nitrogens with zero attached hydrogens (tertiary/aromatic N) is 5. The van der Waals surface area contributed by atoms with E-state index in [-0.39, 0.29) is 29.3 Å².